The second-order valence-electron chi connectivity index (χ2n) is 14.3. The summed E-state index contributed by atoms with van der Waals surface area (Å²) in [5.41, 5.74) is 8.94. The van der Waals surface area contributed by atoms with Crippen molar-refractivity contribution >= 4 is 51.5 Å². The van der Waals surface area contributed by atoms with Gasteiger partial charge in [0.2, 0.25) is 16.7 Å². The zero-order valence-corrected chi connectivity index (χ0v) is 33.8. The summed E-state index contributed by atoms with van der Waals surface area (Å²) in [6.07, 6.45) is 7.70. The molecule has 322 valence electrons. The van der Waals surface area contributed by atoms with E-state index in [4.69, 9.17) is 5.73 Å². The van der Waals surface area contributed by atoms with E-state index in [1.807, 2.05) is 6.07 Å². The number of aryl methyl sites for hydroxylation is 2. The first-order chi connectivity index (χ1) is 29.5. The van der Waals surface area contributed by atoms with Crippen LogP contribution in [0.25, 0.3) is 15.5 Å². The van der Waals surface area contributed by atoms with Crippen LogP contribution in [-0.4, -0.2) is 128 Å². The molecular formula is C39H45F2N13O6S. The highest BCUT2D eigenvalue weighted by atomic mass is 32.1. The van der Waals surface area contributed by atoms with Gasteiger partial charge in [-0.15, -0.1) is 0 Å². The van der Waals surface area contributed by atoms with E-state index >= 15 is 0 Å². The minimum atomic E-state index is -3.00. The molecule has 1 unspecified atom stereocenters. The number of carboxylic acid groups (broad SMARTS) is 1. The van der Waals surface area contributed by atoms with Crippen molar-refractivity contribution in [1.29, 1.82) is 0 Å². The van der Waals surface area contributed by atoms with Gasteiger partial charge in [-0.25, -0.2) is 19.7 Å². The number of anilines is 3. The van der Waals surface area contributed by atoms with Gasteiger partial charge in [0.1, 0.15) is 16.6 Å². The molecule has 8 heterocycles. The summed E-state index contributed by atoms with van der Waals surface area (Å²) < 4.78 is 30.3. The lowest BCUT2D eigenvalue weighted by Crippen LogP contribution is -2.44. The lowest BCUT2D eigenvalue weighted by molar-refractivity contribution is -0.138. The van der Waals surface area contributed by atoms with Crippen LogP contribution in [0.3, 0.4) is 0 Å². The third-order valence-electron chi connectivity index (χ3n) is 10.2. The van der Waals surface area contributed by atoms with Gasteiger partial charge in [-0.2, -0.15) is 18.4 Å². The average molecular weight is 862 g/mol. The number of aromatic nitrogens is 6. The molecule has 3 aliphatic heterocycles. The van der Waals surface area contributed by atoms with Gasteiger partial charge in [-0.1, -0.05) is 23.5 Å². The van der Waals surface area contributed by atoms with E-state index in [-0.39, 0.29) is 36.3 Å². The van der Waals surface area contributed by atoms with Crippen molar-refractivity contribution in [3.63, 3.8) is 0 Å². The van der Waals surface area contributed by atoms with E-state index in [2.05, 4.69) is 56.7 Å². The molecule has 0 radical (unpaired) electrons. The van der Waals surface area contributed by atoms with E-state index in [9.17, 15) is 33.1 Å². The van der Waals surface area contributed by atoms with Crippen LogP contribution in [0.2, 0.25) is 0 Å². The van der Waals surface area contributed by atoms with E-state index in [0.29, 0.717) is 52.2 Å². The maximum absolute atomic E-state index is 13.0. The van der Waals surface area contributed by atoms with E-state index in [1.165, 1.54) is 56.9 Å². The van der Waals surface area contributed by atoms with E-state index < -0.39 is 18.6 Å². The van der Waals surface area contributed by atoms with Crippen molar-refractivity contribution in [1.82, 2.24) is 44.7 Å². The molecule has 2 saturated heterocycles. The van der Waals surface area contributed by atoms with Crippen molar-refractivity contribution in [2.45, 2.75) is 44.8 Å². The number of amides is 3. The number of nitrogens with one attached hydrogen (secondary N) is 3. The third-order valence-corrected chi connectivity index (χ3v) is 11.1. The van der Waals surface area contributed by atoms with Crippen LogP contribution < -0.4 is 36.9 Å². The van der Waals surface area contributed by atoms with Crippen LogP contribution in [0.5, 0.6) is 5.88 Å². The summed E-state index contributed by atoms with van der Waals surface area (Å²) >= 11 is 1.30. The minimum Gasteiger partial charge on any atom is -0.481 e. The molecule has 3 amide bonds. The zero-order chi connectivity index (χ0) is 42.9. The second-order valence-corrected chi connectivity index (χ2v) is 15.3. The van der Waals surface area contributed by atoms with Crippen LogP contribution in [0, 0.1) is 0 Å². The first-order valence-corrected chi connectivity index (χ1v) is 20.6. The molecule has 1 atom stereocenters. The number of urea groups is 1. The number of ether oxygens (including phenoxy) is 1. The van der Waals surface area contributed by atoms with Crippen LogP contribution in [0.15, 0.2) is 59.8 Å². The Labute approximate surface area is 352 Å². The summed E-state index contributed by atoms with van der Waals surface area (Å²) in [5, 5.41) is 23.6. The fourth-order valence-electron chi connectivity index (χ4n) is 7.19. The van der Waals surface area contributed by atoms with Gasteiger partial charge in [-0.05, 0) is 48.9 Å². The average Bonchev–Trinajstić information content (AvgIpc) is 3.87. The Morgan fingerprint density at radius 2 is 1.85 bits per heavy atom. The van der Waals surface area contributed by atoms with Gasteiger partial charge in [0.15, 0.2) is 0 Å². The first kappa shape index (κ1) is 42.7. The monoisotopic (exact) mass is 861 g/mol. The number of carbonyl (C=O) groups excluding carboxylic acids is 2. The molecule has 5 aromatic rings. The highest BCUT2D eigenvalue weighted by Gasteiger charge is 2.35. The minimum absolute atomic E-state index is 0.112. The van der Waals surface area contributed by atoms with Gasteiger partial charge in [0, 0.05) is 88.1 Å². The number of nitrogens with zero attached hydrogens (tertiary/aromatic N) is 9. The number of rotatable bonds is 14. The Balaban J connectivity index is 0.000000189. The number of carboxylic acids is 1. The Hall–Kier alpha value is -6.39. The number of fused-ring (bicyclic) bond motifs is 2. The molecule has 6 N–H and O–H groups in total. The summed E-state index contributed by atoms with van der Waals surface area (Å²) in [6.45, 7) is 2.53. The molecule has 0 aliphatic carbocycles. The lowest BCUT2D eigenvalue weighted by Gasteiger charge is -2.27. The molecule has 8 rings (SSSR count). The number of halogens is 2. The highest BCUT2D eigenvalue weighted by molar-refractivity contribution is 7.19. The molecule has 61 heavy (non-hydrogen) atoms. The molecule has 5 aromatic heterocycles. The highest BCUT2D eigenvalue weighted by Crippen LogP contribution is 2.30. The quantitative estimate of drug-likeness (QED) is 0.108. The normalized spacial score (nSPS) is 15.5. The van der Waals surface area contributed by atoms with Crippen molar-refractivity contribution < 1.29 is 33.0 Å². The standard InChI is InChI=1S/C23H27F2N5O4.C16H18N8O2S/c24-22(25)34-19-8-6-16(14-27-19)18(13-20(31)32)30-12-11-29(23(30)33)10-2-4-17-7-5-15-3-1-9-26-21(15)28-17;17-7-13(25)20-11-5-10(8-19-9-11)15-22-24-14(26)6-12(21-16(24)27-15)23-3-1-18-2-4-23/h5-8,14,18,22H,1-4,9-13H2,(H,26,28)(H,31,32);5-6,8-9,18H,1-4,7,17H2,(H,20,25). The van der Waals surface area contributed by atoms with Gasteiger partial charge >= 0.3 is 18.6 Å². The van der Waals surface area contributed by atoms with Crippen molar-refractivity contribution in [2.24, 2.45) is 5.73 Å². The van der Waals surface area contributed by atoms with Crippen LogP contribution in [-0.2, 0) is 22.4 Å². The SMILES string of the molecule is NCC(=O)Nc1cncc(-c2nn3c(=O)cc(N4CCNCC4)nc3s2)c1.O=C(O)CC(c1ccc(OC(F)F)nc1)N1CCN(CCCc2ccc3c(n2)NCCC3)C1=O. The first-order valence-electron chi connectivity index (χ1n) is 19.8. The Bertz CT molecular complexity index is 2400. The van der Waals surface area contributed by atoms with Crippen molar-refractivity contribution in [3.05, 3.63) is 82.2 Å². The zero-order valence-electron chi connectivity index (χ0n) is 33.0. The third kappa shape index (κ3) is 10.9. The maximum Gasteiger partial charge on any atom is 0.388 e. The largest absolute Gasteiger partial charge is 0.481 e. The summed E-state index contributed by atoms with van der Waals surface area (Å²) in [7, 11) is 0. The Kier molecular flexibility index (Phi) is 13.9. The number of aliphatic carboxylic acids is 1. The molecular weight excluding hydrogens is 817 g/mol. The number of nitrogens with two attached hydrogens (primary N) is 1. The Morgan fingerprint density at radius 3 is 2.61 bits per heavy atom. The van der Waals surface area contributed by atoms with E-state index in [0.717, 1.165) is 69.9 Å². The number of alkyl halides is 2. The Morgan fingerprint density at radius 1 is 1.02 bits per heavy atom. The topological polar surface area (TPSA) is 238 Å². The van der Waals surface area contributed by atoms with Crippen molar-refractivity contribution in [3.8, 4) is 16.5 Å². The lowest BCUT2D eigenvalue weighted by atomic mass is 10.0. The predicted octanol–water partition coefficient (Wildman–Crippen LogP) is 2.84. The smallest absolute Gasteiger partial charge is 0.388 e. The molecule has 2 fully saturated rings. The maximum atomic E-state index is 13.0. The van der Waals surface area contributed by atoms with Gasteiger partial charge in [0.05, 0.1) is 30.9 Å². The molecule has 0 aromatic carbocycles. The van der Waals surface area contributed by atoms with Gasteiger partial charge in [-0.3, -0.25) is 19.4 Å². The molecule has 0 bridgehead atoms. The predicted molar refractivity (Wildman–Crippen MR) is 222 cm³/mol. The molecule has 3 aliphatic rings. The van der Waals surface area contributed by atoms with E-state index in [1.54, 1.807) is 17.2 Å². The summed E-state index contributed by atoms with van der Waals surface area (Å²) in [6, 6.07) is 9.09. The van der Waals surface area contributed by atoms with Crippen LogP contribution in [0.1, 0.15) is 42.1 Å². The number of piperazine rings is 1. The second kappa shape index (κ2) is 19.8. The number of pyridine rings is 3. The molecule has 19 nitrogen and oxygen atoms in total. The number of hydrogen-bond acceptors (Lipinski definition) is 15. The van der Waals surface area contributed by atoms with Crippen LogP contribution in [0.4, 0.5) is 30.9 Å². The molecule has 0 saturated carbocycles. The number of hydrogen-bond donors (Lipinski definition) is 5. The van der Waals surface area contributed by atoms with Crippen molar-refractivity contribution in [2.75, 3.05) is 74.4 Å². The summed E-state index contributed by atoms with van der Waals surface area (Å²) in [5.74, 6) is -0.0395. The van der Waals surface area contributed by atoms with Gasteiger partial charge in [0.25, 0.3) is 5.56 Å². The van der Waals surface area contributed by atoms with Gasteiger partial charge < -0.3 is 46.2 Å². The molecule has 0 spiro atoms. The molecule has 22 heteroatoms. The fraction of sp³-hybridized carbons (Fsp3) is 0.410. The summed E-state index contributed by atoms with van der Waals surface area (Å²) in [4.78, 5) is 71.5. The fourth-order valence-corrected chi connectivity index (χ4v) is 8.07. The van der Waals surface area contributed by atoms with Crippen LogP contribution >= 0.6 is 11.3 Å². The number of carbonyl (C=O) groups is 3.